The minimum absolute atomic E-state index is 0.475. The maximum Gasteiger partial charge on any atom is 0.321 e. The van der Waals surface area contributed by atoms with E-state index in [0.29, 0.717) is 19.5 Å². The zero-order valence-corrected chi connectivity index (χ0v) is 12.3. The van der Waals surface area contributed by atoms with E-state index in [4.69, 9.17) is 11.6 Å². The summed E-state index contributed by atoms with van der Waals surface area (Å²) in [5, 5.41) is 9.45. The van der Waals surface area contributed by atoms with Gasteiger partial charge in [0, 0.05) is 24.4 Å². The molecule has 0 radical (unpaired) electrons. The van der Waals surface area contributed by atoms with Gasteiger partial charge in [0.1, 0.15) is 6.04 Å². The van der Waals surface area contributed by atoms with Crippen LogP contribution in [0.5, 0.6) is 0 Å². The molecule has 104 valence electrons. The molecule has 1 aromatic carbocycles. The van der Waals surface area contributed by atoms with Gasteiger partial charge in [0.05, 0.1) is 4.34 Å². The monoisotopic (exact) mass is 307 g/mol. The average Bonchev–Trinajstić information content (AvgIpc) is 2.78. The van der Waals surface area contributed by atoms with Crippen LogP contribution in [0.2, 0.25) is 4.34 Å². The number of carboxylic acids is 1. The zero-order valence-electron chi connectivity index (χ0n) is 10.8. The van der Waals surface area contributed by atoms with Crippen LogP contribution in [0.4, 0.5) is 0 Å². The fourth-order valence-corrected chi connectivity index (χ4v) is 3.94. The second kappa shape index (κ2) is 5.56. The molecule has 1 aromatic heterocycles. The summed E-state index contributed by atoms with van der Waals surface area (Å²) >= 11 is 7.53. The van der Waals surface area contributed by atoms with Crippen molar-refractivity contribution in [2.24, 2.45) is 0 Å². The minimum atomic E-state index is -0.767. The third kappa shape index (κ3) is 2.73. The number of fused-ring (bicyclic) bond motifs is 1. The van der Waals surface area contributed by atoms with Gasteiger partial charge in [0.25, 0.3) is 0 Å². The first-order valence-corrected chi connectivity index (χ1v) is 7.61. The van der Waals surface area contributed by atoms with Crippen molar-refractivity contribution in [3.05, 3.63) is 56.7 Å². The zero-order chi connectivity index (χ0) is 14.1. The molecule has 0 saturated heterocycles. The highest BCUT2D eigenvalue weighted by molar-refractivity contribution is 7.16. The number of carbonyl (C=O) groups is 1. The number of carboxylic acid groups (broad SMARTS) is 1. The standard InChI is InChI=1S/C15H14ClNO2S/c16-14-6-11-9-17(8-10-4-2-1-3-5-10)12(15(18)19)7-13(11)20-14/h1-6,12H,7-9H2,(H,18,19). The molecule has 3 nitrogen and oxygen atoms in total. The lowest BCUT2D eigenvalue weighted by Crippen LogP contribution is -2.44. The Hall–Kier alpha value is -1.36. The van der Waals surface area contributed by atoms with E-state index >= 15 is 0 Å². The fraction of sp³-hybridized carbons (Fsp3) is 0.267. The van der Waals surface area contributed by atoms with Crippen molar-refractivity contribution in [2.75, 3.05) is 0 Å². The first-order chi connectivity index (χ1) is 9.63. The normalized spacial score (nSPS) is 18.8. The Morgan fingerprint density at radius 1 is 1.40 bits per heavy atom. The van der Waals surface area contributed by atoms with Crippen LogP contribution < -0.4 is 0 Å². The van der Waals surface area contributed by atoms with Crippen LogP contribution in [0.3, 0.4) is 0 Å². The number of halogens is 1. The Kier molecular flexibility index (Phi) is 3.78. The molecule has 1 N–H and O–H groups in total. The van der Waals surface area contributed by atoms with Gasteiger partial charge >= 0.3 is 5.97 Å². The van der Waals surface area contributed by atoms with Crippen molar-refractivity contribution in [2.45, 2.75) is 25.6 Å². The fourth-order valence-electron chi connectivity index (χ4n) is 2.60. The molecule has 0 amide bonds. The second-order valence-electron chi connectivity index (χ2n) is 4.95. The largest absolute Gasteiger partial charge is 0.480 e. The molecule has 5 heteroatoms. The highest BCUT2D eigenvalue weighted by atomic mass is 35.5. The van der Waals surface area contributed by atoms with Crippen molar-refractivity contribution >= 4 is 28.9 Å². The molecule has 1 aliphatic heterocycles. The van der Waals surface area contributed by atoms with Gasteiger partial charge in [0.2, 0.25) is 0 Å². The summed E-state index contributed by atoms with van der Waals surface area (Å²) in [6, 6.07) is 11.4. The van der Waals surface area contributed by atoms with Gasteiger partial charge < -0.3 is 5.11 Å². The SMILES string of the molecule is O=C(O)C1Cc2sc(Cl)cc2CN1Cc1ccccc1. The Balaban J connectivity index is 1.86. The first kappa shape index (κ1) is 13.6. The van der Waals surface area contributed by atoms with E-state index in [0.717, 1.165) is 20.3 Å². The molecule has 0 saturated carbocycles. The Labute approximate surface area is 126 Å². The number of rotatable bonds is 3. The minimum Gasteiger partial charge on any atom is -0.480 e. The third-order valence-electron chi connectivity index (χ3n) is 3.57. The highest BCUT2D eigenvalue weighted by Crippen LogP contribution is 2.34. The smallest absolute Gasteiger partial charge is 0.321 e. The molecule has 1 unspecified atom stereocenters. The van der Waals surface area contributed by atoms with Crippen LogP contribution in [-0.2, 0) is 24.3 Å². The molecular formula is C15H14ClNO2S. The van der Waals surface area contributed by atoms with Crippen LogP contribution in [-0.4, -0.2) is 22.0 Å². The lowest BCUT2D eigenvalue weighted by molar-refractivity contribution is -0.144. The predicted molar refractivity (Wildman–Crippen MR) is 80.1 cm³/mol. The van der Waals surface area contributed by atoms with Crippen molar-refractivity contribution in [1.29, 1.82) is 0 Å². The van der Waals surface area contributed by atoms with Crippen LogP contribution in [0, 0.1) is 0 Å². The van der Waals surface area contributed by atoms with Crippen LogP contribution >= 0.6 is 22.9 Å². The lowest BCUT2D eigenvalue weighted by Gasteiger charge is -2.32. The number of thiophene rings is 1. The van der Waals surface area contributed by atoms with E-state index < -0.39 is 12.0 Å². The summed E-state index contributed by atoms with van der Waals surface area (Å²) in [5.74, 6) is -0.767. The second-order valence-corrected chi connectivity index (χ2v) is 6.72. The van der Waals surface area contributed by atoms with E-state index in [-0.39, 0.29) is 0 Å². The Morgan fingerprint density at radius 2 is 2.15 bits per heavy atom. The number of aliphatic carboxylic acids is 1. The van der Waals surface area contributed by atoms with Gasteiger partial charge in [-0.1, -0.05) is 41.9 Å². The molecule has 1 aliphatic rings. The predicted octanol–water partition coefficient (Wildman–Crippen LogP) is 3.41. The summed E-state index contributed by atoms with van der Waals surface area (Å²) in [7, 11) is 0. The summed E-state index contributed by atoms with van der Waals surface area (Å²) in [5.41, 5.74) is 2.29. The summed E-state index contributed by atoms with van der Waals surface area (Å²) in [6.07, 6.45) is 0.537. The molecule has 2 aromatic rings. The van der Waals surface area contributed by atoms with Crippen molar-refractivity contribution in [1.82, 2.24) is 4.90 Å². The average molecular weight is 308 g/mol. The van der Waals surface area contributed by atoms with Crippen LogP contribution in [0.15, 0.2) is 36.4 Å². The maximum atomic E-state index is 11.5. The van der Waals surface area contributed by atoms with Crippen molar-refractivity contribution < 1.29 is 9.90 Å². The van der Waals surface area contributed by atoms with Gasteiger partial charge in [0.15, 0.2) is 0 Å². The molecule has 0 aliphatic carbocycles. The van der Waals surface area contributed by atoms with Gasteiger partial charge in [-0.2, -0.15) is 0 Å². The van der Waals surface area contributed by atoms with E-state index in [1.807, 2.05) is 41.3 Å². The molecule has 1 atom stereocenters. The lowest BCUT2D eigenvalue weighted by atomic mass is 10.0. The van der Waals surface area contributed by atoms with Gasteiger partial charge in [-0.25, -0.2) is 0 Å². The number of nitrogens with zero attached hydrogens (tertiary/aromatic N) is 1. The number of hydrogen-bond donors (Lipinski definition) is 1. The van der Waals surface area contributed by atoms with E-state index in [2.05, 4.69) is 0 Å². The molecular weight excluding hydrogens is 294 g/mol. The Bertz CT molecular complexity index is 626. The van der Waals surface area contributed by atoms with Gasteiger partial charge in [-0.15, -0.1) is 11.3 Å². The summed E-state index contributed by atoms with van der Waals surface area (Å²) in [6.45, 7) is 1.29. The molecule has 0 fully saturated rings. The molecule has 0 spiro atoms. The highest BCUT2D eigenvalue weighted by Gasteiger charge is 2.32. The number of benzene rings is 1. The maximum absolute atomic E-state index is 11.5. The number of hydrogen-bond acceptors (Lipinski definition) is 3. The summed E-state index contributed by atoms with van der Waals surface area (Å²) < 4.78 is 0.737. The van der Waals surface area contributed by atoms with Gasteiger partial charge in [-0.3, -0.25) is 9.69 Å². The van der Waals surface area contributed by atoms with Crippen LogP contribution in [0.1, 0.15) is 16.0 Å². The van der Waals surface area contributed by atoms with Gasteiger partial charge in [-0.05, 0) is 17.2 Å². The third-order valence-corrected chi connectivity index (χ3v) is 4.90. The molecule has 0 bridgehead atoms. The van der Waals surface area contributed by atoms with Crippen molar-refractivity contribution in [3.8, 4) is 0 Å². The summed E-state index contributed by atoms with van der Waals surface area (Å²) in [4.78, 5) is 14.6. The topological polar surface area (TPSA) is 40.5 Å². The first-order valence-electron chi connectivity index (χ1n) is 6.41. The molecule has 20 heavy (non-hydrogen) atoms. The van der Waals surface area contributed by atoms with E-state index in [1.54, 1.807) is 0 Å². The molecule has 2 heterocycles. The van der Waals surface area contributed by atoms with Crippen molar-refractivity contribution in [3.63, 3.8) is 0 Å². The quantitative estimate of drug-likeness (QED) is 0.944. The van der Waals surface area contributed by atoms with Crippen LogP contribution in [0.25, 0.3) is 0 Å². The van der Waals surface area contributed by atoms with E-state index in [9.17, 15) is 9.90 Å². The van der Waals surface area contributed by atoms with E-state index in [1.165, 1.54) is 11.3 Å². The Morgan fingerprint density at radius 3 is 2.85 bits per heavy atom. The molecule has 3 rings (SSSR count).